The molecule has 1 unspecified atom stereocenters. The van der Waals surface area contributed by atoms with E-state index in [1.165, 1.54) is 25.7 Å². The normalized spacial score (nSPS) is 17.5. The van der Waals surface area contributed by atoms with Gasteiger partial charge in [0.25, 0.3) is 0 Å². The van der Waals surface area contributed by atoms with E-state index < -0.39 is 0 Å². The van der Waals surface area contributed by atoms with Crippen molar-refractivity contribution in [1.82, 2.24) is 14.0 Å². The molecule has 2 aromatic carbocycles. The van der Waals surface area contributed by atoms with E-state index in [1.807, 2.05) is 59.3 Å². The first-order chi connectivity index (χ1) is 14.7. The molecule has 1 fully saturated rings. The summed E-state index contributed by atoms with van der Waals surface area (Å²) in [5.74, 6) is 0.145. The predicted molar refractivity (Wildman–Crippen MR) is 123 cm³/mol. The van der Waals surface area contributed by atoms with Crippen LogP contribution in [-0.4, -0.2) is 28.5 Å². The topological polar surface area (TPSA) is 34.9 Å². The van der Waals surface area contributed by atoms with Crippen LogP contribution >= 0.6 is 0 Å². The van der Waals surface area contributed by atoms with Crippen LogP contribution in [0.1, 0.15) is 44.1 Å². The zero-order valence-electron chi connectivity index (χ0n) is 17.7. The minimum Gasteiger partial charge on any atom is -0.306 e. The van der Waals surface area contributed by atoms with Gasteiger partial charge in [0.1, 0.15) is 11.7 Å². The number of para-hydroxylation sites is 1. The van der Waals surface area contributed by atoms with Crippen LogP contribution in [0.4, 0.5) is 5.69 Å². The van der Waals surface area contributed by atoms with E-state index in [4.69, 9.17) is 0 Å². The molecule has 1 amide bonds. The number of imidazole rings is 1. The molecule has 0 radical (unpaired) electrons. The third-order valence-corrected chi connectivity index (χ3v) is 6.42. The number of carbonyl (C=O) groups is 1. The van der Waals surface area contributed by atoms with Gasteiger partial charge in [0.05, 0.1) is 13.4 Å². The second-order valence-electron chi connectivity index (χ2n) is 8.29. The Morgan fingerprint density at radius 1 is 1.00 bits per heavy atom. The zero-order valence-corrected chi connectivity index (χ0v) is 17.7. The molecular weight excluding hydrogens is 370 g/mol. The first-order valence-corrected chi connectivity index (χ1v) is 10.9. The fourth-order valence-electron chi connectivity index (χ4n) is 4.52. The molecule has 0 saturated heterocycles. The van der Waals surface area contributed by atoms with Crippen molar-refractivity contribution in [2.45, 2.75) is 44.6 Å². The molecule has 1 atom stereocenters. The Hall–Kier alpha value is -2.98. The van der Waals surface area contributed by atoms with Gasteiger partial charge in [-0.15, -0.1) is 0 Å². The van der Waals surface area contributed by atoms with Gasteiger partial charge in [-0.3, -0.25) is 0 Å². The van der Waals surface area contributed by atoms with Crippen LogP contribution in [0, 0.1) is 0 Å². The number of carbonyl (C=O) groups excluding carboxylic acids is 1. The molecule has 30 heavy (non-hydrogen) atoms. The fourth-order valence-corrected chi connectivity index (χ4v) is 4.52. The average Bonchev–Trinajstić information content (AvgIpc) is 3.20. The minimum atomic E-state index is 0.145. The Bertz CT molecular complexity index is 969. The molecule has 1 heterocycles. The highest BCUT2D eigenvalue weighted by molar-refractivity contribution is 6.00. The largest absolute Gasteiger partial charge is 0.343 e. The lowest BCUT2D eigenvalue weighted by atomic mass is 10.0. The molecule has 4 nitrogen and oxygen atoms in total. The van der Waals surface area contributed by atoms with Gasteiger partial charge in [-0.05, 0) is 48.7 Å². The van der Waals surface area contributed by atoms with Gasteiger partial charge in [-0.2, -0.15) is 0 Å². The van der Waals surface area contributed by atoms with Crippen LogP contribution in [-0.2, 0) is 4.79 Å². The highest BCUT2D eigenvalue weighted by Crippen LogP contribution is 2.33. The average molecular weight is 401 g/mol. The van der Waals surface area contributed by atoms with Crippen molar-refractivity contribution in [3.8, 4) is 5.69 Å². The van der Waals surface area contributed by atoms with E-state index in [0.29, 0.717) is 10.5 Å². The quantitative estimate of drug-likeness (QED) is 0.309. The molecule has 1 aliphatic rings. The zero-order chi connectivity index (χ0) is 20.8. The molecule has 1 aromatic heterocycles. The lowest BCUT2D eigenvalue weighted by Crippen LogP contribution is -2.57. The van der Waals surface area contributed by atoms with Crippen LogP contribution in [0.3, 0.4) is 0 Å². The Morgan fingerprint density at radius 3 is 2.33 bits per heavy atom. The van der Waals surface area contributed by atoms with Crippen LogP contribution < -0.4 is 4.48 Å². The van der Waals surface area contributed by atoms with E-state index in [9.17, 15) is 4.79 Å². The maximum absolute atomic E-state index is 13.6. The van der Waals surface area contributed by atoms with Crippen molar-refractivity contribution in [2.75, 3.05) is 7.05 Å². The lowest BCUT2D eigenvalue weighted by Gasteiger charge is -2.37. The second kappa shape index (κ2) is 9.23. The predicted octanol–water partition coefficient (Wildman–Crippen LogP) is 5.77. The third kappa shape index (κ3) is 4.29. The SMILES string of the molecule is C[N+](C(=O)/C=C/c1ccc(-n2ccnc2)cc1)(c1ccccc1)C1CCCCCC1. The summed E-state index contributed by atoms with van der Waals surface area (Å²) in [5.41, 5.74) is 3.15. The second-order valence-corrected chi connectivity index (χ2v) is 8.29. The molecule has 0 N–H and O–H groups in total. The van der Waals surface area contributed by atoms with Crippen molar-refractivity contribution in [1.29, 1.82) is 0 Å². The van der Waals surface area contributed by atoms with Crippen molar-refractivity contribution in [3.63, 3.8) is 0 Å². The first-order valence-electron chi connectivity index (χ1n) is 10.9. The Kier molecular flexibility index (Phi) is 6.24. The number of likely N-dealkylation sites (N-methyl/N-ethyl adjacent to an activating group) is 1. The molecule has 1 aliphatic carbocycles. The summed E-state index contributed by atoms with van der Waals surface area (Å²) >= 11 is 0. The Balaban J connectivity index is 1.58. The number of benzene rings is 2. The minimum absolute atomic E-state index is 0.145. The standard InChI is InChI=1S/C26H30N3O/c1-29(25-11-7-4-8-12-25,24-9-5-2-3-6-10-24)26(30)18-15-22-13-16-23(17-14-22)28-20-19-27-21-28/h4,7-8,11-21,24H,2-3,5-6,9-10H2,1H3/q+1/b18-15+. The number of hydrogen-bond donors (Lipinski definition) is 0. The monoisotopic (exact) mass is 400 g/mol. The van der Waals surface area contributed by atoms with Crippen molar-refractivity contribution >= 4 is 17.7 Å². The van der Waals surface area contributed by atoms with Gasteiger partial charge in [-0.25, -0.2) is 14.3 Å². The van der Waals surface area contributed by atoms with Gasteiger partial charge in [0.15, 0.2) is 0 Å². The smallest absolute Gasteiger partial charge is 0.306 e. The van der Waals surface area contributed by atoms with E-state index in [2.05, 4.69) is 24.2 Å². The third-order valence-electron chi connectivity index (χ3n) is 6.42. The molecule has 154 valence electrons. The molecule has 3 aromatic rings. The maximum Gasteiger partial charge on any atom is 0.343 e. The van der Waals surface area contributed by atoms with Gasteiger partial charge in [0.2, 0.25) is 0 Å². The van der Waals surface area contributed by atoms with Crippen molar-refractivity contribution in [3.05, 3.63) is 85.0 Å². The van der Waals surface area contributed by atoms with E-state index in [-0.39, 0.29) is 5.91 Å². The van der Waals surface area contributed by atoms with Gasteiger partial charge >= 0.3 is 5.91 Å². The van der Waals surface area contributed by atoms with E-state index >= 15 is 0 Å². The van der Waals surface area contributed by atoms with Gasteiger partial charge in [0, 0.05) is 37.0 Å². The number of rotatable bonds is 5. The lowest BCUT2D eigenvalue weighted by molar-refractivity contribution is -0.126. The summed E-state index contributed by atoms with van der Waals surface area (Å²) in [6.45, 7) is 0. The molecule has 1 saturated carbocycles. The molecule has 0 spiro atoms. The Morgan fingerprint density at radius 2 is 1.70 bits per heavy atom. The van der Waals surface area contributed by atoms with Crippen LogP contribution in [0.25, 0.3) is 11.8 Å². The van der Waals surface area contributed by atoms with E-state index in [0.717, 1.165) is 29.8 Å². The number of quaternary nitrogens is 1. The van der Waals surface area contributed by atoms with Crippen molar-refractivity contribution < 1.29 is 4.79 Å². The molecule has 0 aliphatic heterocycles. The molecular formula is C26H30N3O+. The molecule has 4 rings (SSSR count). The van der Waals surface area contributed by atoms with Gasteiger partial charge in [-0.1, -0.05) is 43.2 Å². The number of aromatic nitrogens is 2. The van der Waals surface area contributed by atoms with Crippen LogP contribution in [0.2, 0.25) is 0 Å². The highest BCUT2D eigenvalue weighted by atomic mass is 16.2. The number of amides is 1. The van der Waals surface area contributed by atoms with Crippen molar-refractivity contribution in [2.24, 2.45) is 0 Å². The summed E-state index contributed by atoms with van der Waals surface area (Å²) < 4.78 is 2.32. The summed E-state index contributed by atoms with van der Waals surface area (Å²) in [7, 11) is 2.10. The maximum atomic E-state index is 13.6. The fraction of sp³-hybridized carbons (Fsp3) is 0.308. The Labute approximate surface area is 179 Å². The first kappa shape index (κ1) is 20.3. The highest BCUT2D eigenvalue weighted by Gasteiger charge is 2.40. The number of hydrogen-bond acceptors (Lipinski definition) is 2. The number of nitrogens with zero attached hydrogens (tertiary/aromatic N) is 3. The van der Waals surface area contributed by atoms with E-state index in [1.54, 1.807) is 18.6 Å². The van der Waals surface area contributed by atoms with Gasteiger partial charge < -0.3 is 4.57 Å². The summed E-state index contributed by atoms with van der Waals surface area (Å²) in [5, 5.41) is 0. The molecule has 4 heteroatoms. The summed E-state index contributed by atoms with van der Waals surface area (Å²) in [6.07, 6.45) is 16.3. The van der Waals surface area contributed by atoms with Crippen LogP contribution in [0.15, 0.2) is 79.4 Å². The molecule has 0 bridgehead atoms. The van der Waals surface area contributed by atoms with Crippen LogP contribution in [0.5, 0.6) is 0 Å². The summed E-state index contributed by atoms with van der Waals surface area (Å²) in [4.78, 5) is 17.7. The summed E-state index contributed by atoms with van der Waals surface area (Å²) in [6, 6.07) is 18.8.